The summed E-state index contributed by atoms with van der Waals surface area (Å²) in [5, 5.41) is 19.1. The maximum atomic E-state index is 13.5. The Morgan fingerprint density at radius 1 is 1.28 bits per heavy atom. The fourth-order valence-corrected chi connectivity index (χ4v) is 1.15. The molecule has 1 aromatic carbocycles. The first-order valence-electron chi connectivity index (χ1n) is 4.76. The minimum absolute atomic E-state index is 0.0969. The lowest BCUT2D eigenvalue weighted by atomic mass is 10.1. The Kier molecular flexibility index (Phi) is 4.11. The second-order valence-electron chi connectivity index (χ2n) is 3.30. The number of ketones is 1. The van der Waals surface area contributed by atoms with Gasteiger partial charge in [-0.1, -0.05) is 0 Å². The number of allylic oxidation sites excluding steroid dienone is 1. The SMILES string of the molecule is CC(=O)c1cc(F)c(NC=C(C#N)C#N)c(F)c1. The Morgan fingerprint density at radius 3 is 2.17 bits per heavy atom. The van der Waals surface area contributed by atoms with Gasteiger partial charge in [0.25, 0.3) is 0 Å². The first kappa shape index (κ1) is 13.3. The number of Topliss-reactive ketones (excluding diaryl/α,β-unsaturated/α-hetero) is 1. The Labute approximate surface area is 102 Å². The molecular weight excluding hydrogens is 240 g/mol. The molecule has 0 radical (unpaired) electrons. The van der Waals surface area contributed by atoms with Crippen molar-refractivity contribution >= 4 is 11.5 Å². The molecule has 1 rings (SSSR count). The maximum Gasteiger partial charge on any atom is 0.160 e. The Morgan fingerprint density at radius 2 is 1.78 bits per heavy atom. The molecule has 0 unspecified atom stereocenters. The van der Waals surface area contributed by atoms with E-state index in [1.165, 1.54) is 19.1 Å². The molecule has 0 fully saturated rings. The Balaban J connectivity index is 3.14. The highest BCUT2D eigenvalue weighted by molar-refractivity contribution is 5.94. The molecule has 0 aliphatic carbocycles. The third-order valence-corrected chi connectivity index (χ3v) is 2.05. The molecule has 0 heterocycles. The first-order chi connectivity index (χ1) is 8.49. The minimum Gasteiger partial charge on any atom is -0.355 e. The van der Waals surface area contributed by atoms with E-state index in [1.54, 1.807) is 0 Å². The van der Waals surface area contributed by atoms with Gasteiger partial charge in [-0.25, -0.2) is 8.78 Å². The van der Waals surface area contributed by atoms with Crippen molar-refractivity contribution in [2.75, 3.05) is 5.32 Å². The first-order valence-corrected chi connectivity index (χ1v) is 4.76. The third kappa shape index (κ3) is 2.89. The van der Waals surface area contributed by atoms with Crippen LogP contribution in [0.3, 0.4) is 0 Å². The van der Waals surface area contributed by atoms with Gasteiger partial charge in [-0.15, -0.1) is 0 Å². The highest BCUT2D eigenvalue weighted by Gasteiger charge is 2.12. The Bertz CT molecular complexity index is 570. The largest absolute Gasteiger partial charge is 0.355 e. The van der Waals surface area contributed by atoms with Crippen LogP contribution in [0.25, 0.3) is 0 Å². The van der Waals surface area contributed by atoms with Gasteiger partial charge in [0, 0.05) is 11.8 Å². The summed E-state index contributed by atoms with van der Waals surface area (Å²) in [5.41, 5.74) is -0.951. The molecular formula is C12H7F2N3O. The highest BCUT2D eigenvalue weighted by Crippen LogP contribution is 2.21. The molecule has 0 aromatic heterocycles. The van der Waals surface area contributed by atoms with Crippen molar-refractivity contribution in [2.45, 2.75) is 6.92 Å². The Hall–Kier alpha value is -2.73. The second kappa shape index (κ2) is 5.55. The van der Waals surface area contributed by atoms with Crippen molar-refractivity contribution < 1.29 is 13.6 Å². The van der Waals surface area contributed by atoms with Crippen molar-refractivity contribution in [3.8, 4) is 12.1 Å². The summed E-state index contributed by atoms with van der Waals surface area (Å²) >= 11 is 0. The molecule has 0 amide bonds. The average Bonchev–Trinajstić information content (AvgIpc) is 2.32. The van der Waals surface area contributed by atoms with Gasteiger partial charge in [-0.05, 0) is 19.1 Å². The average molecular weight is 247 g/mol. The fraction of sp³-hybridized carbons (Fsp3) is 0.0833. The topological polar surface area (TPSA) is 76.7 Å². The second-order valence-corrected chi connectivity index (χ2v) is 3.30. The number of halogens is 2. The zero-order chi connectivity index (χ0) is 13.7. The van der Waals surface area contributed by atoms with E-state index in [1.807, 2.05) is 0 Å². The number of carbonyl (C=O) groups is 1. The van der Waals surface area contributed by atoms with Crippen molar-refractivity contribution in [3.63, 3.8) is 0 Å². The van der Waals surface area contributed by atoms with Gasteiger partial charge in [0.2, 0.25) is 0 Å². The van der Waals surface area contributed by atoms with Crippen LogP contribution in [0.15, 0.2) is 23.9 Å². The molecule has 0 atom stereocenters. The van der Waals surface area contributed by atoms with E-state index < -0.39 is 23.1 Å². The van der Waals surface area contributed by atoms with Gasteiger partial charge >= 0.3 is 0 Å². The van der Waals surface area contributed by atoms with Crippen LogP contribution >= 0.6 is 0 Å². The summed E-state index contributed by atoms with van der Waals surface area (Å²) < 4.78 is 27.0. The van der Waals surface area contributed by atoms with Gasteiger partial charge in [0.15, 0.2) is 5.78 Å². The monoisotopic (exact) mass is 247 g/mol. The maximum absolute atomic E-state index is 13.5. The van der Waals surface area contributed by atoms with Crippen LogP contribution < -0.4 is 5.32 Å². The van der Waals surface area contributed by atoms with Gasteiger partial charge in [-0.2, -0.15) is 10.5 Å². The molecule has 0 aliphatic heterocycles. The zero-order valence-corrected chi connectivity index (χ0v) is 9.29. The molecule has 0 bridgehead atoms. The molecule has 1 N–H and O–H groups in total. The van der Waals surface area contributed by atoms with Crippen molar-refractivity contribution in [1.29, 1.82) is 10.5 Å². The lowest BCUT2D eigenvalue weighted by molar-refractivity contribution is 0.101. The van der Waals surface area contributed by atoms with Crippen molar-refractivity contribution in [2.24, 2.45) is 0 Å². The molecule has 6 heteroatoms. The van der Waals surface area contributed by atoms with Crippen LogP contribution in [0.1, 0.15) is 17.3 Å². The summed E-state index contributed by atoms with van der Waals surface area (Å²) in [6.07, 6.45) is 0.884. The predicted molar refractivity (Wildman–Crippen MR) is 59.3 cm³/mol. The fourth-order valence-electron chi connectivity index (χ4n) is 1.15. The van der Waals surface area contributed by atoms with Crippen LogP contribution in [-0.4, -0.2) is 5.78 Å². The number of anilines is 1. The predicted octanol–water partition coefficient (Wildman–Crippen LogP) is 2.51. The number of nitrogens with one attached hydrogen (secondary N) is 1. The van der Waals surface area contributed by atoms with E-state index in [-0.39, 0.29) is 11.1 Å². The lowest BCUT2D eigenvalue weighted by Crippen LogP contribution is -2.01. The molecule has 18 heavy (non-hydrogen) atoms. The zero-order valence-electron chi connectivity index (χ0n) is 9.29. The summed E-state index contributed by atoms with van der Waals surface area (Å²) in [6.45, 7) is 1.19. The van der Waals surface area contributed by atoms with E-state index in [9.17, 15) is 13.6 Å². The molecule has 90 valence electrons. The standard InChI is InChI=1S/C12H7F2N3O/c1-7(18)9-2-10(13)12(11(14)3-9)17-6-8(4-15)5-16/h2-3,6,17H,1H3. The van der Waals surface area contributed by atoms with Crippen LogP contribution in [0.5, 0.6) is 0 Å². The lowest BCUT2D eigenvalue weighted by Gasteiger charge is -2.06. The van der Waals surface area contributed by atoms with Crippen LogP contribution in [0.2, 0.25) is 0 Å². The summed E-state index contributed by atoms with van der Waals surface area (Å²) in [4.78, 5) is 11.0. The van der Waals surface area contributed by atoms with E-state index in [0.29, 0.717) is 0 Å². The van der Waals surface area contributed by atoms with Gasteiger partial charge in [0.05, 0.1) is 0 Å². The highest BCUT2D eigenvalue weighted by atomic mass is 19.1. The number of rotatable bonds is 3. The molecule has 0 aliphatic rings. The van der Waals surface area contributed by atoms with Crippen molar-refractivity contribution in [1.82, 2.24) is 0 Å². The molecule has 0 saturated heterocycles. The van der Waals surface area contributed by atoms with Crippen LogP contribution in [-0.2, 0) is 0 Å². The van der Waals surface area contributed by atoms with E-state index in [2.05, 4.69) is 5.32 Å². The summed E-state index contributed by atoms with van der Waals surface area (Å²) in [5.74, 6) is -2.43. The van der Waals surface area contributed by atoms with Gasteiger partial charge in [-0.3, -0.25) is 4.79 Å². The number of benzene rings is 1. The van der Waals surface area contributed by atoms with Crippen molar-refractivity contribution in [3.05, 3.63) is 41.1 Å². The summed E-state index contributed by atoms with van der Waals surface area (Å²) in [7, 11) is 0. The molecule has 1 aromatic rings. The number of nitriles is 2. The smallest absolute Gasteiger partial charge is 0.160 e. The van der Waals surface area contributed by atoms with Crippen LogP contribution in [0.4, 0.5) is 14.5 Å². The quantitative estimate of drug-likeness (QED) is 0.657. The number of hydrogen-bond acceptors (Lipinski definition) is 4. The normalized spacial score (nSPS) is 8.94. The van der Waals surface area contributed by atoms with Gasteiger partial charge < -0.3 is 5.32 Å². The summed E-state index contributed by atoms with van der Waals surface area (Å²) in [6, 6.07) is 4.81. The molecule has 0 spiro atoms. The number of hydrogen-bond donors (Lipinski definition) is 1. The molecule has 4 nitrogen and oxygen atoms in total. The number of nitrogens with zero attached hydrogens (tertiary/aromatic N) is 2. The third-order valence-electron chi connectivity index (χ3n) is 2.05. The number of carbonyl (C=O) groups excluding carboxylic acids is 1. The van der Waals surface area contributed by atoms with E-state index in [4.69, 9.17) is 10.5 Å². The van der Waals surface area contributed by atoms with E-state index in [0.717, 1.165) is 18.3 Å². The van der Waals surface area contributed by atoms with Crippen LogP contribution in [0, 0.1) is 34.3 Å². The minimum atomic E-state index is -0.980. The van der Waals surface area contributed by atoms with E-state index >= 15 is 0 Å². The molecule has 0 saturated carbocycles. The van der Waals surface area contributed by atoms with Gasteiger partial charge in [0.1, 0.15) is 35.0 Å².